The predicted molar refractivity (Wildman–Crippen MR) is 78.8 cm³/mol. The van der Waals surface area contributed by atoms with Crippen molar-refractivity contribution < 1.29 is 13.2 Å². The molecule has 0 radical (unpaired) electrons. The molecule has 3 aromatic rings. The third-order valence-corrected chi connectivity index (χ3v) is 3.20. The van der Waals surface area contributed by atoms with Crippen LogP contribution in [0.5, 0.6) is 0 Å². The number of nitrogens with two attached hydrogens (primary N) is 2. The quantitative estimate of drug-likeness (QED) is 0.675. The van der Waals surface area contributed by atoms with Gasteiger partial charge in [-0.15, -0.1) is 0 Å². The number of nitrogens with zero attached hydrogens (tertiary/aromatic N) is 2. The molecule has 7 heteroatoms. The second-order valence-corrected chi connectivity index (χ2v) is 4.79. The summed E-state index contributed by atoms with van der Waals surface area (Å²) in [6.45, 7) is 0. The monoisotopic (exact) mass is 304 g/mol. The maximum Gasteiger partial charge on any atom is 0.416 e. The lowest BCUT2D eigenvalue weighted by atomic mass is 10.1. The minimum Gasteiger partial charge on any atom is -0.399 e. The van der Waals surface area contributed by atoms with Gasteiger partial charge in [0.15, 0.2) is 5.82 Å². The third-order valence-electron chi connectivity index (χ3n) is 3.20. The van der Waals surface area contributed by atoms with Crippen LogP contribution in [0.15, 0.2) is 42.5 Å². The highest BCUT2D eigenvalue weighted by Gasteiger charge is 2.30. The van der Waals surface area contributed by atoms with Gasteiger partial charge in [0, 0.05) is 16.6 Å². The number of aromatic nitrogens is 2. The van der Waals surface area contributed by atoms with Crippen LogP contribution in [0.3, 0.4) is 0 Å². The Balaban J connectivity index is 2.22. The molecule has 0 aliphatic rings. The first kappa shape index (κ1) is 14.1. The van der Waals surface area contributed by atoms with Gasteiger partial charge in [0.25, 0.3) is 0 Å². The molecule has 0 aliphatic carbocycles. The average molecular weight is 304 g/mol. The fourth-order valence-electron chi connectivity index (χ4n) is 2.14. The first-order valence-electron chi connectivity index (χ1n) is 6.35. The molecule has 0 saturated heterocycles. The standard InChI is InChI=1S/C15H11F3N4/c16-15(17,18)9-4-5-11-12(7-9)21-14(22-13(11)20)8-2-1-3-10(19)6-8/h1-7H,19H2,(H2,20,21,22). The lowest BCUT2D eigenvalue weighted by Gasteiger charge is -2.10. The maximum absolute atomic E-state index is 12.8. The van der Waals surface area contributed by atoms with Crippen LogP contribution in [0.25, 0.3) is 22.3 Å². The Kier molecular flexibility index (Phi) is 3.13. The fourth-order valence-corrected chi connectivity index (χ4v) is 2.14. The maximum atomic E-state index is 12.8. The van der Waals surface area contributed by atoms with Gasteiger partial charge in [-0.3, -0.25) is 0 Å². The van der Waals surface area contributed by atoms with E-state index in [-0.39, 0.29) is 17.2 Å². The summed E-state index contributed by atoms with van der Waals surface area (Å²) in [5, 5.41) is 0.376. The van der Waals surface area contributed by atoms with Crippen molar-refractivity contribution >= 4 is 22.4 Å². The fraction of sp³-hybridized carbons (Fsp3) is 0.0667. The van der Waals surface area contributed by atoms with Gasteiger partial charge in [-0.25, -0.2) is 9.97 Å². The van der Waals surface area contributed by atoms with Crippen molar-refractivity contribution in [3.05, 3.63) is 48.0 Å². The van der Waals surface area contributed by atoms with E-state index >= 15 is 0 Å². The summed E-state index contributed by atoms with van der Waals surface area (Å²) >= 11 is 0. The van der Waals surface area contributed by atoms with Crippen molar-refractivity contribution in [2.75, 3.05) is 11.5 Å². The highest BCUT2D eigenvalue weighted by molar-refractivity contribution is 5.90. The van der Waals surface area contributed by atoms with E-state index < -0.39 is 11.7 Å². The number of hydrogen-bond acceptors (Lipinski definition) is 4. The number of benzene rings is 2. The molecule has 0 bridgehead atoms. The summed E-state index contributed by atoms with van der Waals surface area (Å²) in [6.07, 6.45) is -4.44. The Morgan fingerprint density at radius 1 is 0.909 bits per heavy atom. The molecular weight excluding hydrogens is 293 g/mol. The van der Waals surface area contributed by atoms with Crippen molar-refractivity contribution in [2.45, 2.75) is 6.18 Å². The van der Waals surface area contributed by atoms with Gasteiger partial charge in [-0.2, -0.15) is 13.2 Å². The van der Waals surface area contributed by atoms with Crippen LogP contribution in [0.2, 0.25) is 0 Å². The zero-order valence-electron chi connectivity index (χ0n) is 11.2. The Morgan fingerprint density at radius 3 is 2.36 bits per heavy atom. The molecule has 22 heavy (non-hydrogen) atoms. The molecule has 1 aromatic heterocycles. The number of rotatable bonds is 1. The van der Waals surface area contributed by atoms with Crippen molar-refractivity contribution in [1.29, 1.82) is 0 Å². The zero-order chi connectivity index (χ0) is 15.9. The average Bonchev–Trinajstić information content (AvgIpc) is 2.45. The van der Waals surface area contributed by atoms with Crippen LogP contribution in [0.4, 0.5) is 24.7 Å². The molecule has 0 aliphatic heterocycles. The van der Waals surface area contributed by atoms with Crippen LogP contribution >= 0.6 is 0 Å². The van der Waals surface area contributed by atoms with E-state index in [9.17, 15) is 13.2 Å². The van der Waals surface area contributed by atoms with Crippen LogP contribution in [-0.4, -0.2) is 9.97 Å². The van der Waals surface area contributed by atoms with Crippen LogP contribution in [0, 0.1) is 0 Å². The van der Waals surface area contributed by atoms with Crippen LogP contribution < -0.4 is 11.5 Å². The van der Waals surface area contributed by atoms with Gasteiger partial charge in [-0.1, -0.05) is 12.1 Å². The van der Waals surface area contributed by atoms with Gasteiger partial charge < -0.3 is 11.5 Å². The summed E-state index contributed by atoms with van der Waals surface area (Å²) < 4.78 is 38.4. The van der Waals surface area contributed by atoms with Gasteiger partial charge >= 0.3 is 6.18 Å². The van der Waals surface area contributed by atoms with Gasteiger partial charge in [0.2, 0.25) is 0 Å². The number of nitrogen functional groups attached to an aromatic ring is 2. The molecule has 0 saturated carbocycles. The first-order chi connectivity index (χ1) is 10.3. The molecule has 112 valence electrons. The second-order valence-electron chi connectivity index (χ2n) is 4.79. The van der Waals surface area contributed by atoms with Gasteiger partial charge in [0.1, 0.15) is 5.82 Å². The van der Waals surface area contributed by atoms with Gasteiger partial charge in [0.05, 0.1) is 11.1 Å². The van der Waals surface area contributed by atoms with E-state index in [1.54, 1.807) is 24.3 Å². The molecule has 2 aromatic carbocycles. The largest absolute Gasteiger partial charge is 0.416 e. The predicted octanol–water partition coefficient (Wildman–Crippen LogP) is 3.48. The summed E-state index contributed by atoms with van der Waals surface area (Å²) in [4.78, 5) is 8.31. The number of hydrogen-bond donors (Lipinski definition) is 2. The molecule has 0 unspecified atom stereocenters. The second kappa shape index (κ2) is 4.87. The third kappa shape index (κ3) is 2.52. The molecule has 0 spiro atoms. The van der Waals surface area contributed by atoms with E-state index in [4.69, 9.17) is 11.5 Å². The molecule has 0 atom stereocenters. The minimum absolute atomic E-state index is 0.121. The van der Waals surface area contributed by atoms with Crippen LogP contribution in [-0.2, 0) is 6.18 Å². The molecular formula is C15H11F3N4. The molecule has 1 heterocycles. The molecule has 4 N–H and O–H groups in total. The summed E-state index contributed by atoms with van der Waals surface area (Å²) in [7, 11) is 0. The Hall–Kier alpha value is -2.83. The lowest BCUT2D eigenvalue weighted by Crippen LogP contribution is -2.05. The van der Waals surface area contributed by atoms with Crippen LogP contribution in [0.1, 0.15) is 5.56 Å². The van der Waals surface area contributed by atoms with Crippen molar-refractivity contribution in [3.63, 3.8) is 0 Å². The summed E-state index contributed by atoms with van der Waals surface area (Å²) in [6, 6.07) is 9.94. The zero-order valence-corrected chi connectivity index (χ0v) is 11.2. The highest BCUT2D eigenvalue weighted by atomic mass is 19.4. The van der Waals surface area contributed by atoms with E-state index in [1.807, 2.05) is 0 Å². The molecule has 0 amide bonds. The molecule has 0 fully saturated rings. The lowest BCUT2D eigenvalue weighted by molar-refractivity contribution is -0.137. The van der Waals surface area contributed by atoms with E-state index in [0.717, 1.165) is 12.1 Å². The topological polar surface area (TPSA) is 77.8 Å². The summed E-state index contributed by atoms with van der Waals surface area (Å²) in [5.74, 6) is 0.354. The van der Waals surface area contributed by atoms with Crippen molar-refractivity contribution in [2.24, 2.45) is 0 Å². The van der Waals surface area contributed by atoms with E-state index in [1.165, 1.54) is 6.07 Å². The van der Waals surface area contributed by atoms with E-state index in [0.29, 0.717) is 16.6 Å². The first-order valence-corrected chi connectivity index (χ1v) is 6.35. The minimum atomic E-state index is -4.44. The van der Waals surface area contributed by atoms with Crippen molar-refractivity contribution in [3.8, 4) is 11.4 Å². The molecule has 3 rings (SSSR count). The number of alkyl halides is 3. The number of anilines is 2. The van der Waals surface area contributed by atoms with Crippen molar-refractivity contribution in [1.82, 2.24) is 9.97 Å². The van der Waals surface area contributed by atoms with Gasteiger partial charge in [-0.05, 0) is 30.3 Å². The number of halogens is 3. The Morgan fingerprint density at radius 2 is 1.68 bits per heavy atom. The molecule has 4 nitrogen and oxygen atoms in total. The SMILES string of the molecule is Nc1cccc(-c2nc(N)c3ccc(C(F)(F)F)cc3n2)c1. The van der Waals surface area contributed by atoms with E-state index in [2.05, 4.69) is 9.97 Å². The number of fused-ring (bicyclic) bond motifs is 1. The smallest absolute Gasteiger partial charge is 0.399 e. The highest BCUT2D eigenvalue weighted by Crippen LogP contribution is 2.32. The normalized spacial score (nSPS) is 11.8. The Bertz CT molecular complexity index is 859. The summed E-state index contributed by atoms with van der Waals surface area (Å²) in [5.41, 5.74) is 12.0. The Labute approximate surface area is 123 Å².